The van der Waals surface area contributed by atoms with Crippen LogP contribution in [0.25, 0.3) is 11.0 Å². The molecule has 1 aromatic heterocycles. The Morgan fingerprint density at radius 3 is 2.70 bits per heavy atom. The van der Waals surface area contributed by atoms with Crippen LogP contribution in [0.15, 0.2) is 17.1 Å². The number of quaternary nitrogens is 1. The third-order valence-electron chi connectivity index (χ3n) is 2.74. The van der Waals surface area contributed by atoms with Crippen molar-refractivity contribution in [2.24, 2.45) is 16.5 Å². The lowest BCUT2D eigenvalue weighted by Crippen LogP contribution is -2.42. The molecule has 0 aliphatic carbocycles. The molecule has 1 atom stereocenters. The van der Waals surface area contributed by atoms with E-state index >= 15 is 0 Å². The average Bonchev–Trinajstić information content (AvgIpc) is 2.67. The van der Waals surface area contributed by atoms with E-state index in [4.69, 9.17) is 23.1 Å². The summed E-state index contributed by atoms with van der Waals surface area (Å²) in [5, 5.41) is 0.327. The summed E-state index contributed by atoms with van der Waals surface area (Å²) in [5.41, 5.74) is 12.2. The lowest BCUT2D eigenvalue weighted by atomic mass is 10.2. The molecule has 2 rings (SSSR count). The van der Waals surface area contributed by atoms with Crippen molar-refractivity contribution in [1.82, 2.24) is 13.9 Å². The third-order valence-corrected chi connectivity index (χ3v) is 4.02. The van der Waals surface area contributed by atoms with Gasteiger partial charge in [0.1, 0.15) is 5.02 Å². The minimum Gasteiger partial charge on any atom is -0.370 e. The predicted molar refractivity (Wildman–Crippen MR) is 81.0 cm³/mol. The van der Waals surface area contributed by atoms with E-state index in [0.29, 0.717) is 21.7 Å². The summed E-state index contributed by atoms with van der Waals surface area (Å²) in [6.07, 6.45) is 0. The molecule has 0 fully saturated rings. The van der Waals surface area contributed by atoms with Crippen LogP contribution in [0.1, 0.15) is 0 Å². The van der Waals surface area contributed by atoms with Crippen molar-refractivity contribution in [2.75, 3.05) is 14.1 Å². The van der Waals surface area contributed by atoms with E-state index in [1.54, 1.807) is 26.2 Å². The van der Waals surface area contributed by atoms with Crippen LogP contribution >= 0.6 is 11.6 Å². The van der Waals surface area contributed by atoms with Crippen molar-refractivity contribution in [1.29, 1.82) is 0 Å². The van der Waals surface area contributed by atoms with E-state index < -0.39 is 11.3 Å². The van der Waals surface area contributed by atoms with Crippen LogP contribution in [0.4, 0.5) is 11.6 Å². The summed E-state index contributed by atoms with van der Waals surface area (Å²) >= 11 is 4.02. The van der Waals surface area contributed by atoms with Crippen molar-refractivity contribution in [3.05, 3.63) is 17.2 Å². The zero-order chi connectivity index (χ0) is 15.1. The average molecular weight is 318 g/mol. The summed E-state index contributed by atoms with van der Waals surface area (Å²) in [4.78, 5) is 10.8. The van der Waals surface area contributed by atoms with E-state index in [1.165, 1.54) is 0 Å². The van der Waals surface area contributed by atoms with Crippen LogP contribution < -0.4 is 15.4 Å². The number of benzene rings is 1. The van der Waals surface area contributed by atoms with Crippen LogP contribution in [0.3, 0.4) is 0 Å². The number of nitrogens with two attached hydrogens (primary N) is 2. The second-order valence-electron chi connectivity index (χ2n) is 4.50. The van der Waals surface area contributed by atoms with Crippen LogP contribution in [0.5, 0.6) is 0 Å². The Balaban J connectivity index is 2.63. The Morgan fingerprint density at radius 2 is 2.15 bits per heavy atom. The highest BCUT2D eigenvalue weighted by Gasteiger charge is 2.30. The number of guanidine groups is 1. The van der Waals surface area contributed by atoms with Crippen molar-refractivity contribution in [3.8, 4) is 0 Å². The summed E-state index contributed by atoms with van der Waals surface area (Å²) in [7, 11) is 3.13. The van der Waals surface area contributed by atoms with Crippen molar-refractivity contribution >= 4 is 51.5 Å². The summed E-state index contributed by atoms with van der Waals surface area (Å²) in [5.74, 6) is 0.117. The number of aromatic nitrogens is 2. The summed E-state index contributed by atoms with van der Waals surface area (Å²) < 4.78 is 20.5. The molecule has 1 unspecified atom stereocenters. The molecule has 10 heteroatoms. The largest absolute Gasteiger partial charge is 0.370 e. The smallest absolute Gasteiger partial charge is 0.363 e. The molecule has 0 amide bonds. The van der Waals surface area contributed by atoms with Crippen LogP contribution in [0, 0.1) is 0 Å². The highest BCUT2D eigenvalue weighted by molar-refractivity contribution is 7.78. The van der Waals surface area contributed by atoms with Gasteiger partial charge < -0.3 is 16.5 Å². The molecule has 20 heavy (non-hydrogen) atoms. The van der Waals surface area contributed by atoms with Crippen molar-refractivity contribution in [2.45, 2.75) is 0 Å². The van der Waals surface area contributed by atoms with E-state index in [-0.39, 0.29) is 15.8 Å². The van der Waals surface area contributed by atoms with E-state index in [2.05, 4.69) is 15.0 Å². The maximum atomic E-state index is 11.4. The quantitative estimate of drug-likeness (QED) is 0.288. The van der Waals surface area contributed by atoms with E-state index in [0.717, 1.165) is 0 Å². The number of nitrogens with zero attached hydrogens (tertiary/aromatic N) is 3. The van der Waals surface area contributed by atoms with Crippen molar-refractivity contribution < 1.29 is 8.76 Å². The minimum atomic E-state index is -2.13. The topological polar surface area (TPSA) is 130 Å². The molecule has 8 nitrogen and oxygen atoms in total. The van der Waals surface area contributed by atoms with Gasteiger partial charge in [-0.2, -0.15) is 13.1 Å². The summed E-state index contributed by atoms with van der Waals surface area (Å²) in [6, 6.07) is 3.23. The molecular formula is C10H14ClN6O2S+. The number of halogens is 1. The molecule has 1 heterocycles. The number of nitrogens with one attached hydrogen (secondary N) is 1. The SMILES string of the molecule is C[N+](C)(c1cc2[nH]c(N=C(N)N)nc2cc1Cl)S(=O)O. The molecule has 0 radical (unpaired) electrons. The maximum absolute atomic E-state index is 11.4. The first-order chi connectivity index (χ1) is 9.21. The predicted octanol–water partition coefficient (Wildman–Crippen LogP) is 0.825. The number of H-pyrrole nitrogens is 1. The zero-order valence-electron chi connectivity index (χ0n) is 10.8. The molecule has 1 aromatic carbocycles. The van der Waals surface area contributed by atoms with Crippen LogP contribution in [-0.4, -0.2) is 38.8 Å². The Morgan fingerprint density at radius 1 is 1.50 bits per heavy atom. The number of aromatic amines is 1. The third kappa shape index (κ3) is 2.61. The number of aliphatic imine (C=N–C) groups is 1. The normalized spacial score (nSPS) is 13.4. The number of fused-ring (bicyclic) bond motifs is 1. The lowest BCUT2D eigenvalue weighted by molar-refractivity contribution is 0.484. The molecule has 2 aromatic rings. The molecule has 0 bridgehead atoms. The number of hydrogen-bond acceptors (Lipinski definition) is 3. The van der Waals surface area contributed by atoms with Crippen LogP contribution in [0.2, 0.25) is 5.02 Å². The first kappa shape index (κ1) is 14.7. The van der Waals surface area contributed by atoms with Gasteiger partial charge in [0.15, 0.2) is 11.6 Å². The fourth-order valence-electron chi connectivity index (χ4n) is 1.68. The van der Waals surface area contributed by atoms with E-state index in [9.17, 15) is 8.76 Å². The Labute approximate surface area is 122 Å². The van der Waals surface area contributed by atoms with Gasteiger partial charge in [-0.1, -0.05) is 11.6 Å². The fraction of sp³-hybridized carbons (Fsp3) is 0.200. The first-order valence-corrected chi connectivity index (χ1v) is 6.91. The summed E-state index contributed by atoms with van der Waals surface area (Å²) in [6.45, 7) is 0. The molecule has 0 spiro atoms. The highest BCUT2D eigenvalue weighted by Crippen LogP contribution is 2.34. The molecular weight excluding hydrogens is 304 g/mol. The van der Waals surface area contributed by atoms with Gasteiger partial charge in [0, 0.05) is 6.07 Å². The molecule has 0 saturated carbocycles. The Hall–Kier alpha value is -1.68. The zero-order valence-corrected chi connectivity index (χ0v) is 12.4. The second-order valence-corrected chi connectivity index (χ2v) is 6.28. The molecule has 6 N–H and O–H groups in total. The van der Waals surface area contributed by atoms with Gasteiger partial charge in [-0.25, -0.2) is 4.98 Å². The molecule has 0 aliphatic rings. The van der Waals surface area contributed by atoms with Gasteiger partial charge in [0.05, 0.1) is 25.1 Å². The molecule has 108 valence electrons. The number of hydrogen-bond donors (Lipinski definition) is 4. The number of imidazole rings is 1. The lowest BCUT2D eigenvalue weighted by Gasteiger charge is -2.23. The fourth-order valence-corrected chi connectivity index (χ4v) is 2.42. The Bertz CT molecular complexity index is 722. The van der Waals surface area contributed by atoms with Gasteiger partial charge in [0.2, 0.25) is 5.95 Å². The Kier molecular flexibility index (Phi) is 3.69. The minimum absolute atomic E-state index is 0.122. The first-order valence-electron chi connectivity index (χ1n) is 5.47. The van der Waals surface area contributed by atoms with Crippen molar-refractivity contribution in [3.63, 3.8) is 0 Å². The molecule has 0 saturated heterocycles. The second kappa shape index (κ2) is 5.02. The van der Waals surface area contributed by atoms with Gasteiger partial charge in [-0.3, -0.25) is 4.55 Å². The van der Waals surface area contributed by atoms with Gasteiger partial charge in [-0.05, 0) is 6.07 Å². The van der Waals surface area contributed by atoms with E-state index in [1.807, 2.05) is 0 Å². The van der Waals surface area contributed by atoms with Gasteiger partial charge >= 0.3 is 11.3 Å². The van der Waals surface area contributed by atoms with Gasteiger partial charge in [-0.15, -0.1) is 0 Å². The monoisotopic (exact) mass is 317 g/mol. The maximum Gasteiger partial charge on any atom is 0.363 e. The van der Waals surface area contributed by atoms with Crippen LogP contribution in [-0.2, 0) is 11.3 Å². The molecule has 0 aliphatic heterocycles. The number of rotatable bonds is 3. The highest BCUT2D eigenvalue weighted by atomic mass is 35.5. The standard InChI is InChI=1S/C10H13ClN6O2S/c1-17(2,20(18)19)8-4-7-6(3-5(8)11)14-10(15-7)16-9(12)13/h3-4H,1-2H3,(H5-,12,13,14,15,16,18,19)/p+1. The van der Waals surface area contributed by atoms with Gasteiger partial charge in [0.25, 0.3) is 0 Å².